The average molecular weight is 240 g/mol. The van der Waals surface area contributed by atoms with Gasteiger partial charge < -0.3 is 10.1 Å². The minimum atomic E-state index is 0.510. The van der Waals surface area contributed by atoms with Gasteiger partial charge >= 0.3 is 0 Å². The molecule has 0 saturated heterocycles. The number of ether oxygens (including phenoxy) is 1. The number of methoxy groups -OCH3 is 1. The van der Waals surface area contributed by atoms with Crippen LogP contribution in [0.5, 0.6) is 5.75 Å². The molecule has 2 aliphatic carbocycles. The number of fused-ring (bicyclic) bond motifs is 1. The molecule has 3 atom stereocenters. The molecule has 1 saturated carbocycles. The van der Waals surface area contributed by atoms with Crippen LogP contribution in [0.15, 0.2) is 30.4 Å². The Morgan fingerprint density at radius 2 is 2.33 bits per heavy atom. The van der Waals surface area contributed by atoms with E-state index in [-0.39, 0.29) is 0 Å². The monoisotopic (exact) mass is 240 g/mol. The first-order valence-corrected chi connectivity index (χ1v) is 6.33. The van der Waals surface area contributed by atoms with Gasteiger partial charge in [0.1, 0.15) is 5.75 Å². The fourth-order valence-electron chi connectivity index (χ4n) is 2.96. The van der Waals surface area contributed by atoms with Crippen molar-refractivity contribution in [2.75, 3.05) is 12.4 Å². The van der Waals surface area contributed by atoms with Gasteiger partial charge in [-0.25, -0.2) is 0 Å². The van der Waals surface area contributed by atoms with Crippen molar-refractivity contribution in [2.45, 2.75) is 18.9 Å². The highest BCUT2D eigenvalue weighted by Crippen LogP contribution is 2.44. The number of nitrogens with zero attached hydrogens (tertiary/aromatic N) is 1. The zero-order valence-electron chi connectivity index (χ0n) is 10.4. The third kappa shape index (κ3) is 1.74. The molecule has 3 rings (SSSR count). The number of hydrogen-bond donors (Lipinski definition) is 1. The molecule has 92 valence electrons. The van der Waals surface area contributed by atoms with Crippen LogP contribution in [0.2, 0.25) is 0 Å². The SMILES string of the molecule is COc1cc(C#N)ccc1NC1CC2CC=CC21. The molecule has 1 N–H and O–H groups in total. The summed E-state index contributed by atoms with van der Waals surface area (Å²) in [5.41, 5.74) is 1.62. The second kappa shape index (κ2) is 4.38. The summed E-state index contributed by atoms with van der Waals surface area (Å²) in [4.78, 5) is 0. The predicted octanol–water partition coefficient (Wildman–Crippen LogP) is 2.94. The Morgan fingerprint density at radius 3 is 3.06 bits per heavy atom. The molecule has 0 heterocycles. The number of nitriles is 1. The van der Waals surface area contributed by atoms with Crippen LogP contribution in [-0.2, 0) is 0 Å². The van der Waals surface area contributed by atoms with Gasteiger partial charge in [-0.1, -0.05) is 12.2 Å². The number of nitrogens with one attached hydrogen (secondary N) is 1. The molecule has 2 aliphatic rings. The summed E-state index contributed by atoms with van der Waals surface area (Å²) in [6, 6.07) is 8.18. The molecule has 1 fully saturated rings. The van der Waals surface area contributed by atoms with Crippen molar-refractivity contribution in [1.82, 2.24) is 0 Å². The van der Waals surface area contributed by atoms with Crippen LogP contribution < -0.4 is 10.1 Å². The van der Waals surface area contributed by atoms with Crippen molar-refractivity contribution < 1.29 is 4.74 Å². The van der Waals surface area contributed by atoms with Crippen LogP contribution >= 0.6 is 0 Å². The maximum atomic E-state index is 8.88. The zero-order valence-corrected chi connectivity index (χ0v) is 10.4. The van der Waals surface area contributed by atoms with E-state index in [1.807, 2.05) is 12.1 Å². The van der Waals surface area contributed by atoms with E-state index >= 15 is 0 Å². The molecular formula is C15H16N2O. The molecule has 3 nitrogen and oxygen atoms in total. The molecule has 0 bridgehead atoms. The van der Waals surface area contributed by atoms with Gasteiger partial charge in [-0.3, -0.25) is 0 Å². The van der Waals surface area contributed by atoms with Gasteiger partial charge in [0.25, 0.3) is 0 Å². The lowest BCUT2D eigenvalue weighted by molar-refractivity contribution is 0.217. The summed E-state index contributed by atoms with van der Waals surface area (Å²) in [5.74, 6) is 2.26. The Balaban J connectivity index is 1.77. The lowest BCUT2D eigenvalue weighted by Crippen LogP contribution is -2.43. The van der Waals surface area contributed by atoms with Gasteiger partial charge in [0.05, 0.1) is 24.4 Å². The fourth-order valence-corrected chi connectivity index (χ4v) is 2.96. The van der Waals surface area contributed by atoms with E-state index in [2.05, 4.69) is 23.5 Å². The fraction of sp³-hybridized carbons (Fsp3) is 0.400. The van der Waals surface area contributed by atoms with E-state index in [4.69, 9.17) is 10.00 Å². The number of hydrogen-bond acceptors (Lipinski definition) is 3. The van der Waals surface area contributed by atoms with Crippen LogP contribution in [0.4, 0.5) is 5.69 Å². The highest BCUT2D eigenvalue weighted by Gasteiger charge is 2.41. The number of rotatable bonds is 3. The molecule has 0 radical (unpaired) electrons. The van der Waals surface area contributed by atoms with E-state index in [0.717, 1.165) is 17.4 Å². The van der Waals surface area contributed by atoms with E-state index in [1.54, 1.807) is 13.2 Å². The summed E-state index contributed by atoms with van der Waals surface area (Å²) in [7, 11) is 1.64. The van der Waals surface area contributed by atoms with E-state index < -0.39 is 0 Å². The average Bonchev–Trinajstić information content (AvgIpc) is 2.77. The largest absolute Gasteiger partial charge is 0.495 e. The lowest BCUT2D eigenvalue weighted by atomic mass is 9.71. The summed E-state index contributed by atoms with van der Waals surface area (Å²) in [6.45, 7) is 0. The highest BCUT2D eigenvalue weighted by atomic mass is 16.5. The summed E-state index contributed by atoms with van der Waals surface area (Å²) in [6.07, 6.45) is 7.06. The molecule has 18 heavy (non-hydrogen) atoms. The van der Waals surface area contributed by atoms with Crippen molar-refractivity contribution in [3.63, 3.8) is 0 Å². The highest BCUT2D eigenvalue weighted by molar-refractivity contribution is 5.60. The van der Waals surface area contributed by atoms with Gasteiger partial charge in [0.15, 0.2) is 0 Å². The maximum absolute atomic E-state index is 8.88. The molecule has 1 aromatic carbocycles. The molecule has 0 spiro atoms. The van der Waals surface area contributed by atoms with Crippen LogP contribution in [0.1, 0.15) is 18.4 Å². The smallest absolute Gasteiger partial charge is 0.143 e. The van der Waals surface area contributed by atoms with E-state index in [0.29, 0.717) is 17.5 Å². The van der Waals surface area contributed by atoms with Crippen molar-refractivity contribution in [3.05, 3.63) is 35.9 Å². The van der Waals surface area contributed by atoms with E-state index in [1.165, 1.54) is 12.8 Å². The van der Waals surface area contributed by atoms with Crippen molar-refractivity contribution in [3.8, 4) is 11.8 Å². The van der Waals surface area contributed by atoms with Crippen LogP contribution in [0.25, 0.3) is 0 Å². The maximum Gasteiger partial charge on any atom is 0.143 e. The van der Waals surface area contributed by atoms with Gasteiger partial charge in [0.2, 0.25) is 0 Å². The second-order valence-electron chi connectivity index (χ2n) is 5.01. The normalized spacial score (nSPS) is 28.1. The minimum absolute atomic E-state index is 0.510. The van der Waals surface area contributed by atoms with Crippen LogP contribution in [-0.4, -0.2) is 13.2 Å². The van der Waals surface area contributed by atoms with E-state index in [9.17, 15) is 0 Å². The number of anilines is 1. The van der Waals surface area contributed by atoms with Crippen LogP contribution in [0, 0.1) is 23.2 Å². The van der Waals surface area contributed by atoms with Gasteiger partial charge in [-0.05, 0) is 30.9 Å². The Kier molecular flexibility index (Phi) is 2.71. The third-order valence-corrected chi connectivity index (χ3v) is 4.03. The quantitative estimate of drug-likeness (QED) is 0.826. The minimum Gasteiger partial charge on any atom is -0.495 e. The third-order valence-electron chi connectivity index (χ3n) is 4.03. The molecule has 0 amide bonds. The van der Waals surface area contributed by atoms with Gasteiger partial charge in [-0.2, -0.15) is 5.26 Å². The first-order chi connectivity index (χ1) is 8.81. The Bertz CT molecular complexity index is 530. The molecule has 0 aliphatic heterocycles. The first kappa shape index (κ1) is 11.2. The Labute approximate surface area is 107 Å². The van der Waals surface area contributed by atoms with Crippen molar-refractivity contribution >= 4 is 5.69 Å². The van der Waals surface area contributed by atoms with Crippen molar-refractivity contribution in [2.24, 2.45) is 11.8 Å². The summed E-state index contributed by atoms with van der Waals surface area (Å²) >= 11 is 0. The van der Waals surface area contributed by atoms with Crippen molar-refractivity contribution in [1.29, 1.82) is 5.26 Å². The molecule has 1 aromatic rings. The molecule has 0 aromatic heterocycles. The molecule has 3 unspecified atom stereocenters. The standard InChI is InChI=1S/C15H16N2O/c1-18-15-7-10(9-16)5-6-13(15)17-14-8-11-3-2-4-12(11)14/h2,4-7,11-12,14,17H,3,8H2,1H3. The van der Waals surface area contributed by atoms with Crippen LogP contribution in [0.3, 0.4) is 0 Å². The predicted molar refractivity (Wildman–Crippen MR) is 70.5 cm³/mol. The van der Waals surface area contributed by atoms with Gasteiger partial charge in [-0.15, -0.1) is 0 Å². The van der Waals surface area contributed by atoms with Gasteiger partial charge in [0, 0.05) is 18.0 Å². The molecule has 3 heteroatoms. The number of benzene rings is 1. The lowest BCUT2D eigenvalue weighted by Gasteiger charge is -2.41. The Hall–Kier alpha value is -1.95. The number of allylic oxidation sites excluding steroid dienone is 1. The topological polar surface area (TPSA) is 45.0 Å². The zero-order chi connectivity index (χ0) is 12.5. The second-order valence-corrected chi connectivity index (χ2v) is 5.01. The Morgan fingerprint density at radius 1 is 1.44 bits per heavy atom. The molecular weight excluding hydrogens is 224 g/mol. The first-order valence-electron chi connectivity index (χ1n) is 6.33. The summed E-state index contributed by atoms with van der Waals surface area (Å²) < 4.78 is 5.34. The summed E-state index contributed by atoms with van der Waals surface area (Å²) in [5, 5.41) is 12.4.